The van der Waals surface area contributed by atoms with Crippen molar-refractivity contribution in [1.29, 1.82) is 5.26 Å². The maximum absolute atomic E-state index is 9.87. The molecule has 5 nitrogen and oxygen atoms in total. The van der Waals surface area contributed by atoms with E-state index in [4.69, 9.17) is 4.52 Å². The van der Waals surface area contributed by atoms with E-state index in [1.165, 1.54) is 5.56 Å². The molecular weight excluding hydrogens is 336 g/mol. The van der Waals surface area contributed by atoms with Gasteiger partial charge in [-0.25, -0.2) is 0 Å². The first kappa shape index (κ1) is 17.4. The second-order valence-electron chi connectivity index (χ2n) is 7.13. The van der Waals surface area contributed by atoms with Gasteiger partial charge in [0.1, 0.15) is 5.41 Å². The van der Waals surface area contributed by atoms with Gasteiger partial charge in [0.2, 0.25) is 5.89 Å². The van der Waals surface area contributed by atoms with E-state index >= 15 is 0 Å². The summed E-state index contributed by atoms with van der Waals surface area (Å²) in [6, 6.07) is 23.0. The molecule has 136 valence electrons. The Labute approximate surface area is 159 Å². The molecule has 0 saturated carbocycles. The molecule has 5 heteroatoms. The summed E-state index contributed by atoms with van der Waals surface area (Å²) in [5.41, 5.74) is 1.76. The van der Waals surface area contributed by atoms with E-state index in [9.17, 15) is 5.26 Å². The number of piperidine rings is 1. The second-order valence-corrected chi connectivity index (χ2v) is 7.13. The van der Waals surface area contributed by atoms with Gasteiger partial charge >= 0.3 is 0 Å². The number of hydrogen-bond donors (Lipinski definition) is 0. The monoisotopic (exact) mass is 358 g/mol. The summed E-state index contributed by atoms with van der Waals surface area (Å²) in [6.45, 7) is 2.60. The minimum atomic E-state index is -0.672. The van der Waals surface area contributed by atoms with E-state index in [1.54, 1.807) is 0 Å². The van der Waals surface area contributed by atoms with Crippen LogP contribution in [0.2, 0.25) is 0 Å². The molecule has 0 unspecified atom stereocenters. The Morgan fingerprint density at radius 1 is 0.963 bits per heavy atom. The molecule has 0 atom stereocenters. The number of rotatable bonds is 5. The van der Waals surface area contributed by atoms with Gasteiger partial charge in [0, 0.05) is 26.1 Å². The molecule has 1 aliphatic rings. The molecule has 4 rings (SSSR count). The van der Waals surface area contributed by atoms with Crippen molar-refractivity contribution in [2.45, 2.75) is 31.2 Å². The summed E-state index contributed by atoms with van der Waals surface area (Å²) < 4.78 is 5.52. The molecule has 1 fully saturated rings. The fourth-order valence-electron chi connectivity index (χ4n) is 3.61. The van der Waals surface area contributed by atoms with Crippen LogP contribution >= 0.6 is 0 Å². The number of nitriles is 1. The second kappa shape index (κ2) is 7.73. The topological polar surface area (TPSA) is 66.0 Å². The van der Waals surface area contributed by atoms with Crippen LogP contribution in [0, 0.1) is 11.3 Å². The molecule has 0 aliphatic carbocycles. The third kappa shape index (κ3) is 3.91. The van der Waals surface area contributed by atoms with Gasteiger partial charge in [0.05, 0.1) is 6.07 Å². The molecule has 2 heterocycles. The van der Waals surface area contributed by atoms with Gasteiger partial charge < -0.3 is 4.52 Å². The van der Waals surface area contributed by atoms with E-state index in [-0.39, 0.29) is 0 Å². The van der Waals surface area contributed by atoms with E-state index in [0.29, 0.717) is 31.0 Å². The van der Waals surface area contributed by atoms with Crippen LogP contribution in [-0.4, -0.2) is 28.1 Å². The molecule has 3 aromatic rings. The maximum Gasteiger partial charge on any atom is 0.247 e. The third-order valence-corrected chi connectivity index (χ3v) is 5.26. The Balaban J connectivity index is 1.43. The van der Waals surface area contributed by atoms with Crippen LogP contribution in [0.3, 0.4) is 0 Å². The van der Waals surface area contributed by atoms with Crippen molar-refractivity contribution < 1.29 is 4.52 Å². The van der Waals surface area contributed by atoms with Gasteiger partial charge in [-0.05, 0) is 24.0 Å². The summed E-state index contributed by atoms with van der Waals surface area (Å²) in [6.07, 6.45) is 2.04. The van der Waals surface area contributed by atoms with Crippen LogP contribution in [-0.2, 0) is 18.4 Å². The Morgan fingerprint density at radius 2 is 1.59 bits per heavy atom. The van der Waals surface area contributed by atoms with Crippen LogP contribution < -0.4 is 0 Å². The SMILES string of the molecule is N#CC1(c2nc(Cc3ccccc3)no2)CCN(Cc2ccccc2)CC1. The number of aromatic nitrogens is 2. The zero-order valence-electron chi connectivity index (χ0n) is 15.2. The van der Waals surface area contributed by atoms with Crippen molar-refractivity contribution in [3.05, 3.63) is 83.5 Å². The molecule has 0 N–H and O–H groups in total. The van der Waals surface area contributed by atoms with Crippen molar-refractivity contribution in [2.24, 2.45) is 0 Å². The highest BCUT2D eigenvalue weighted by molar-refractivity contribution is 5.23. The van der Waals surface area contributed by atoms with Crippen molar-refractivity contribution >= 4 is 0 Å². The average molecular weight is 358 g/mol. The zero-order valence-corrected chi connectivity index (χ0v) is 15.2. The van der Waals surface area contributed by atoms with Crippen molar-refractivity contribution in [3.8, 4) is 6.07 Å². The van der Waals surface area contributed by atoms with Gasteiger partial charge in [-0.15, -0.1) is 0 Å². The van der Waals surface area contributed by atoms with E-state index < -0.39 is 5.41 Å². The van der Waals surface area contributed by atoms with Crippen LogP contribution in [0.15, 0.2) is 65.2 Å². The van der Waals surface area contributed by atoms with E-state index in [0.717, 1.165) is 25.2 Å². The fourth-order valence-corrected chi connectivity index (χ4v) is 3.61. The first-order valence-corrected chi connectivity index (χ1v) is 9.32. The lowest BCUT2D eigenvalue weighted by Gasteiger charge is -2.34. The predicted octanol–water partition coefficient (Wildman–Crippen LogP) is 3.72. The molecule has 2 aromatic carbocycles. The van der Waals surface area contributed by atoms with Crippen molar-refractivity contribution in [1.82, 2.24) is 15.0 Å². The molecule has 1 aliphatic heterocycles. The summed E-state index contributed by atoms with van der Waals surface area (Å²) in [7, 11) is 0. The predicted molar refractivity (Wildman–Crippen MR) is 102 cm³/mol. The molecular formula is C22H22N4O. The standard InChI is InChI=1S/C22H22N4O/c23-17-22(11-13-26(14-12-22)16-19-9-5-2-6-10-19)21-24-20(25-27-21)15-18-7-3-1-4-8-18/h1-10H,11-16H2. The smallest absolute Gasteiger partial charge is 0.247 e. The highest BCUT2D eigenvalue weighted by atomic mass is 16.5. The molecule has 0 amide bonds. The van der Waals surface area contributed by atoms with Crippen LogP contribution in [0.25, 0.3) is 0 Å². The van der Waals surface area contributed by atoms with Gasteiger partial charge in [0.15, 0.2) is 5.82 Å². The Kier molecular flexibility index (Phi) is 4.99. The van der Waals surface area contributed by atoms with Crippen molar-refractivity contribution in [3.63, 3.8) is 0 Å². The highest BCUT2D eigenvalue weighted by Gasteiger charge is 2.41. The zero-order chi connectivity index (χ0) is 18.5. The lowest BCUT2D eigenvalue weighted by Crippen LogP contribution is -2.41. The normalized spacial score (nSPS) is 16.7. The first-order chi connectivity index (χ1) is 13.3. The summed E-state index contributed by atoms with van der Waals surface area (Å²) in [4.78, 5) is 6.94. The highest BCUT2D eigenvalue weighted by Crippen LogP contribution is 2.34. The maximum atomic E-state index is 9.87. The van der Waals surface area contributed by atoms with Crippen LogP contribution in [0.4, 0.5) is 0 Å². The Morgan fingerprint density at radius 3 is 2.22 bits per heavy atom. The van der Waals surface area contributed by atoms with Gasteiger partial charge in [-0.1, -0.05) is 65.8 Å². The van der Waals surface area contributed by atoms with Gasteiger partial charge in [-0.2, -0.15) is 10.2 Å². The molecule has 0 bridgehead atoms. The minimum absolute atomic E-state index is 0.468. The van der Waals surface area contributed by atoms with Crippen LogP contribution in [0.1, 0.15) is 35.7 Å². The minimum Gasteiger partial charge on any atom is -0.338 e. The lowest BCUT2D eigenvalue weighted by molar-refractivity contribution is 0.157. The summed E-state index contributed by atoms with van der Waals surface area (Å²) >= 11 is 0. The molecule has 27 heavy (non-hydrogen) atoms. The quantitative estimate of drug-likeness (QED) is 0.695. The molecule has 0 radical (unpaired) electrons. The molecule has 1 saturated heterocycles. The number of hydrogen-bond acceptors (Lipinski definition) is 5. The number of nitrogens with zero attached hydrogens (tertiary/aromatic N) is 4. The van der Waals surface area contributed by atoms with Crippen molar-refractivity contribution in [2.75, 3.05) is 13.1 Å². The first-order valence-electron chi connectivity index (χ1n) is 9.32. The molecule has 1 aromatic heterocycles. The van der Waals surface area contributed by atoms with E-state index in [1.807, 2.05) is 36.4 Å². The van der Waals surface area contributed by atoms with E-state index in [2.05, 4.69) is 45.4 Å². The van der Waals surface area contributed by atoms with Gasteiger partial charge in [-0.3, -0.25) is 4.90 Å². The third-order valence-electron chi connectivity index (χ3n) is 5.26. The van der Waals surface area contributed by atoms with Gasteiger partial charge in [0.25, 0.3) is 0 Å². The summed E-state index contributed by atoms with van der Waals surface area (Å²) in [5.74, 6) is 1.10. The number of likely N-dealkylation sites (tertiary alicyclic amines) is 1. The number of benzene rings is 2. The molecule has 0 spiro atoms. The Bertz CT molecular complexity index is 906. The summed E-state index contributed by atoms with van der Waals surface area (Å²) in [5, 5.41) is 14.0. The largest absolute Gasteiger partial charge is 0.338 e. The Hall–Kier alpha value is -2.97. The van der Waals surface area contributed by atoms with Crippen LogP contribution in [0.5, 0.6) is 0 Å². The lowest BCUT2D eigenvalue weighted by atomic mass is 9.79. The average Bonchev–Trinajstić information content (AvgIpc) is 3.19. The fraction of sp³-hybridized carbons (Fsp3) is 0.318.